The Morgan fingerprint density at radius 2 is 1.90 bits per heavy atom. The fourth-order valence-electron chi connectivity index (χ4n) is 2.59. The van der Waals surface area contributed by atoms with Crippen LogP contribution in [-0.2, 0) is 10.0 Å². The topological polar surface area (TPSA) is 37.4 Å². The number of halogens is 1. The molecular formula is C15H22BrNO2S. The first-order chi connectivity index (χ1) is 9.22. The molecule has 0 unspecified atom stereocenters. The highest BCUT2D eigenvalue weighted by Gasteiger charge is 2.31. The van der Waals surface area contributed by atoms with E-state index in [-0.39, 0.29) is 5.41 Å². The Balaban J connectivity index is 2.30. The first-order valence-electron chi connectivity index (χ1n) is 6.99. The third kappa shape index (κ3) is 3.43. The Labute approximate surface area is 130 Å². The molecule has 1 saturated heterocycles. The summed E-state index contributed by atoms with van der Waals surface area (Å²) in [5.41, 5.74) is 1.28. The fourth-order valence-corrected chi connectivity index (χ4v) is 5.22. The van der Waals surface area contributed by atoms with Crippen molar-refractivity contribution in [3.05, 3.63) is 28.2 Å². The van der Waals surface area contributed by atoms with E-state index < -0.39 is 10.0 Å². The average Bonchev–Trinajstić information content (AvgIpc) is 2.50. The van der Waals surface area contributed by atoms with Crippen molar-refractivity contribution in [3.8, 4) is 0 Å². The number of hydrogen-bond acceptors (Lipinski definition) is 2. The van der Waals surface area contributed by atoms with Crippen LogP contribution < -0.4 is 0 Å². The quantitative estimate of drug-likeness (QED) is 0.801. The lowest BCUT2D eigenvalue weighted by Gasteiger charge is -2.23. The molecule has 1 aliphatic heterocycles. The maximum Gasteiger partial charge on any atom is 0.244 e. The van der Waals surface area contributed by atoms with Crippen LogP contribution in [0.5, 0.6) is 0 Å². The molecule has 0 aliphatic carbocycles. The van der Waals surface area contributed by atoms with Crippen molar-refractivity contribution in [2.24, 2.45) is 5.41 Å². The second-order valence-electron chi connectivity index (χ2n) is 6.36. The van der Waals surface area contributed by atoms with Gasteiger partial charge in [0.2, 0.25) is 10.0 Å². The predicted octanol–water partition coefficient (Wildman–Crippen LogP) is 3.96. The van der Waals surface area contributed by atoms with Gasteiger partial charge in [-0.3, -0.25) is 0 Å². The Hall–Kier alpha value is -0.390. The van der Waals surface area contributed by atoms with Gasteiger partial charge in [0.1, 0.15) is 0 Å². The molecule has 0 atom stereocenters. The van der Waals surface area contributed by atoms with Gasteiger partial charge in [0.25, 0.3) is 0 Å². The van der Waals surface area contributed by atoms with Gasteiger partial charge in [0, 0.05) is 17.6 Å². The van der Waals surface area contributed by atoms with Crippen molar-refractivity contribution in [1.82, 2.24) is 4.31 Å². The van der Waals surface area contributed by atoms with E-state index in [1.807, 2.05) is 19.1 Å². The molecule has 1 aromatic carbocycles. The number of nitrogens with zero attached hydrogens (tertiary/aromatic N) is 1. The molecule has 3 nitrogen and oxygen atoms in total. The zero-order valence-corrected chi connectivity index (χ0v) is 14.7. The SMILES string of the molecule is Cc1ccc(S(=O)(=O)N2CCCC(C)(C)CC2)c(Br)c1. The molecule has 0 spiro atoms. The van der Waals surface area contributed by atoms with Crippen molar-refractivity contribution in [3.63, 3.8) is 0 Å². The summed E-state index contributed by atoms with van der Waals surface area (Å²) in [4.78, 5) is 0.378. The minimum Gasteiger partial charge on any atom is -0.207 e. The lowest BCUT2D eigenvalue weighted by atomic mass is 9.85. The van der Waals surface area contributed by atoms with E-state index in [4.69, 9.17) is 0 Å². The Kier molecular flexibility index (Phi) is 4.62. The van der Waals surface area contributed by atoms with Gasteiger partial charge in [-0.2, -0.15) is 4.31 Å². The molecule has 0 saturated carbocycles. The second kappa shape index (κ2) is 5.78. The highest BCUT2D eigenvalue weighted by molar-refractivity contribution is 9.10. The normalized spacial score (nSPS) is 20.6. The number of hydrogen-bond donors (Lipinski definition) is 0. The van der Waals surface area contributed by atoms with Gasteiger partial charge in [-0.1, -0.05) is 19.9 Å². The van der Waals surface area contributed by atoms with Crippen molar-refractivity contribution >= 4 is 26.0 Å². The lowest BCUT2D eigenvalue weighted by molar-refractivity contribution is 0.315. The van der Waals surface area contributed by atoms with Gasteiger partial charge >= 0.3 is 0 Å². The summed E-state index contributed by atoms with van der Waals surface area (Å²) in [7, 11) is -3.40. The first-order valence-corrected chi connectivity index (χ1v) is 9.22. The van der Waals surface area contributed by atoms with E-state index in [9.17, 15) is 8.42 Å². The zero-order chi connectivity index (χ0) is 15.0. The second-order valence-corrected chi connectivity index (χ2v) is 9.12. The molecular weight excluding hydrogens is 338 g/mol. The summed E-state index contributed by atoms with van der Waals surface area (Å²) >= 11 is 3.39. The Bertz CT molecular complexity index is 596. The molecule has 1 fully saturated rings. The largest absolute Gasteiger partial charge is 0.244 e. The third-order valence-electron chi connectivity index (χ3n) is 4.00. The molecule has 5 heteroatoms. The van der Waals surface area contributed by atoms with Gasteiger partial charge in [-0.05, 0) is 65.2 Å². The summed E-state index contributed by atoms with van der Waals surface area (Å²) in [6, 6.07) is 5.40. The maximum absolute atomic E-state index is 12.8. The van der Waals surface area contributed by atoms with E-state index >= 15 is 0 Å². The van der Waals surface area contributed by atoms with Crippen LogP contribution in [0.2, 0.25) is 0 Å². The van der Waals surface area contributed by atoms with Crippen LogP contribution in [0.15, 0.2) is 27.6 Å². The van der Waals surface area contributed by atoms with Crippen LogP contribution in [0.4, 0.5) is 0 Å². The standard InChI is InChI=1S/C15H22BrNO2S/c1-12-5-6-14(13(16)11-12)20(18,19)17-9-4-7-15(2,3)8-10-17/h5-6,11H,4,7-10H2,1-3H3. The molecule has 0 amide bonds. The molecule has 0 aromatic heterocycles. The van der Waals surface area contributed by atoms with Gasteiger partial charge in [-0.25, -0.2) is 8.42 Å². The van der Waals surface area contributed by atoms with Crippen LogP contribution >= 0.6 is 15.9 Å². The molecule has 1 aromatic rings. The summed E-state index contributed by atoms with van der Waals surface area (Å²) < 4.78 is 27.8. The van der Waals surface area contributed by atoms with Gasteiger partial charge in [-0.15, -0.1) is 0 Å². The molecule has 0 N–H and O–H groups in total. The molecule has 2 rings (SSSR count). The smallest absolute Gasteiger partial charge is 0.207 e. The molecule has 112 valence electrons. The van der Waals surface area contributed by atoms with E-state index in [0.717, 1.165) is 24.8 Å². The zero-order valence-electron chi connectivity index (χ0n) is 12.3. The highest BCUT2D eigenvalue weighted by Crippen LogP contribution is 2.33. The fraction of sp³-hybridized carbons (Fsp3) is 0.600. The van der Waals surface area contributed by atoms with Gasteiger partial charge < -0.3 is 0 Å². The predicted molar refractivity (Wildman–Crippen MR) is 85.3 cm³/mol. The van der Waals surface area contributed by atoms with Crippen molar-refractivity contribution in [1.29, 1.82) is 0 Å². The maximum atomic E-state index is 12.8. The van der Waals surface area contributed by atoms with Crippen LogP contribution in [-0.4, -0.2) is 25.8 Å². The minimum absolute atomic E-state index is 0.231. The van der Waals surface area contributed by atoms with Crippen LogP contribution in [0.3, 0.4) is 0 Å². The van der Waals surface area contributed by atoms with E-state index in [1.54, 1.807) is 10.4 Å². The molecule has 1 aliphatic rings. The van der Waals surface area contributed by atoms with Crippen molar-refractivity contribution in [2.75, 3.05) is 13.1 Å². The van der Waals surface area contributed by atoms with Crippen LogP contribution in [0.1, 0.15) is 38.7 Å². The monoisotopic (exact) mass is 359 g/mol. The highest BCUT2D eigenvalue weighted by atomic mass is 79.9. The molecule has 1 heterocycles. The minimum atomic E-state index is -3.40. The summed E-state index contributed by atoms with van der Waals surface area (Å²) in [6.45, 7) is 7.60. The van der Waals surface area contributed by atoms with Crippen LogP contribution in [0, 0.1) is 12.3 Å². The molecule has 20 heavy (non-hydrogen) atoms. The van der Waals surface area contributed by atoms with E-state index in [1.165, 1.54) is 0 Å². The number of benzene rings is 1. The van der Waals surface area contributed by atoms with Crippen LogP contribution in [0.25, 0.3) is 0 Å². The molecule has 0 bridgehead atoms. The molecule has 0 radical (unpaired) electrons. The lowest BCUT2D eigenvalue weighted by Crippen LogP contribution is -2.32. The number of sulfonamides is 1. The Morgan fingerprint density at radius 3 is 2.55 bits per heavy atom. The Morgan fingerprint density at radius 1 is 1.20 bits per heavy atom. The average molecular weight is 360 g/mol. The van der Waals surface area contributed by atoms with Crippen molar-refractivity contribution < 1.29 is 8.42 Å². The first kappa shape index (κ1) is 16.0. The third-order valence-corrected chi connectivity index (χ3v) is 6.88. The van der Waals surface area contributed by atoms with Crippen molar-refractivity contribution in [2.45, 2.75) is 44.9 Å². The number of aryl methyl sites for hydroxylation is 1. The number of rotatable bonds is 2. The summed E-state index contributed by atoms with van der Waals surface area (Å²) in [6.07, 6.45) is 2.92. The van der Waals surface area contributed by atoms with E-state index in [0.29, 0.717) is 22.5 Å². The summed E-state index contributed by atoms with van der Waals surface area (Å²) in [5, 5.41) is 0. The summed E-state index contributed by atoms with van der Waals surface area (Å²) in [5.74, 6) is 0. The van der Waals surface area contributed by atoms with Gasteiger partial charge in [0.15, 0.2) is 0 Å². The van der Waals surface area contributed by atoms with E-state index in [2.05, 4.69) is 29.8 Å². The van der Waals surface area contributed by atoms with Gasteiger partial charge in [0.05, 0.1) is 4.90 Å².